The third kappa shape index (κ3) is 9.32. The average molecular weight is 202 g/mol. The minimum atomic E-state index is -0.495. The molecule has 0 bridgehead atoms. The van der Waals surface area contributed by atoms with E-state index < -0.39 is 6.03 Å². The molecule has 0 heterocycles. The summed E-state index contributed by atoms with van der Waals surface area (Å²) in [4.78, 5) is 10.3. The van der Waals surface area contributed by atoms with Crippen molar-refractivity contribution in [2.24, 2.45) is 5.73 Å². The van der Waals surface area contributed by atoms with Gasteiger partial charge in [-0.15, -0.1) is 0 Å². The monoisotopic (exact) mass is 202 g/mol. The second kappa shape index (κ2) is 8.81. The number of primary amides is 1. The van der Waals surface area contributed by atoms with Crippen LogP contribution in [0.2, 0.25) is 0 Å². The maximum atomic E-state index is 10.3. The van der Waals surface area contributed by atoms with Crippen LogP contribution in [0.15, 0.2) is 0 Å². The molecule has 2 amide bonds. The number of nitrogens with two attached hydrogens (primary N) is 1. The molecule has 1 atom stereocenters. The lowest BCUT2D eigenvalue weighted by Crippen LogP contribution is -2.30. The Morgan fingerprint density at radius 2 is 2.00 bits per heavy atom. The quantitative estimate of drug-likeness (QED) is 0.520. The Kier molecular flexibility index (Phi) is 8.33. The molecule has 0 aliphatic heterocycles. The standard InChI is InChI=1S/C10H22N2O2/c1-2-3-4-6-9(13)7-5-8-12-10(11)14/h9,13H,2-8H2,1H3,(H3,11,12,14)/t9-/m0/s1. The van der Waals surface area contributed by atoms with Crippen LogP contribution in [0.5, 0.6) is 0 Å². The normalized spacial score (nSPS) is 12.4. The highest BCUT2D eigenvalue weighted by molar-refractivity contribution is 5.71. The lowest BCUT2D eigenvalue weighted by atomic mass is 10.1. The number of rotatable bonds is 8. The minimum Gasteiger partial charge on any atom is -0.393 e. The summed E-state index contributed by atoms with van der Waals surface area (Å²) in [6.45, 7) is 2.70. The third-order valence-corrected chi connectivity index (χ3v) is 2.15. The van der Waals surface area contributed by atoms with Gasteiger partial charge in [0.15, 0.2) is 0 Å². The number of aliphatic hydroxyl groups excluding tert-OH is 1. The van der Waals surface area contributed by atoms with Gasteiger partial charge in [-0.1, -0.05) is 26.2 Å². The Morgan fingerprint density at radius 1 is 1.36 bits per heavy atom. The van der Waals surface area contributed by atoms with E-state index in [4.69, 9.17) is 5.73 Å². The van der Waals surface area contributed by atoms with E-state index in [9.17, 15) is 9.90 Å². The number of nitrogens with one attached hydrogen (secondary N) is 1. The number of carbonyl (C=O) groups excluding carboxylic acids is 1. The van der Waals surface area contributed by atoms with Gasteiger partial charge in [0, 0.05) is 6.54 Å². The summed E-state index contributed by atoms with van der Waals surface area (Å²) < 4.78 is 0. The van der Waals surface area contributed by atoms with Crippen molar-refractivity contribution in [2.75, 3.05) is 6.54 Å². The van der Waals surface area contributed by atoms with Gasteiger partial charge in [0.1, 0.15) is 0 Å². The number of urea groups is 1. The Bertz CT molecular complexity index is 151. The van der Waals surface area contributed by atoms with Crippen LogP contribution in [-0.2, 0) is 0 Å². The van der Waals surface area contributed by atoms with E-state index in [0.717, 1.165) is 25.7 Å². The summed E-state index contributed by atoms with van der Waals surface area (Å²) in [5, 5.41) is 12.0. The molecular formula is C10H22N2O2. The van der Waals surface area contributed by atoms with Crippen molar-refractivity contribution in [3.63, 3.8) is 0 Å². The van der Waals surface area contributed by atoms with Gasteiger partial charge < -0.3 is 16.2 Å². The van der Waals surface area contributed by atoms with E-state index in [0.29, 0.717) is 6.54 Å². The highest BCUT2D eigenvalue weighted by atomic mass is 16.3. The van der Waals surface area contributed by atoms with Gasteiger partial charge in [0.25, 0.3) is 0 Å². The molecule has 0 spiro atoms. The first-order chi connectivity index (χ1) is 6.66. The van der Waals surface area contributed by atoms with Crippen molar-refractivity contribution in [3.05, 3.63) is 0 Å². The van der Waals surface area contributed by atoms with Gasteiger partial charge in [-0.25, -0.2) is 4.79 Å². The average Bonchev–Trinajstić information content (AvgIpc) is 2.13. The molecule has 0 aliphatic rings. The maximum Gasteiger partial charge on any atom is 0.312 e. The van der Waals surface area contributed by atoms with Crippen LogP contribution in [-0.4, -0.2) is 23.8 Å². The molecule has 0 radical (unpaired) electrons. The zero-order chi connectivity index (χ0) is 10.8. The van der Waals surface area contributed by atoms with Gasteiger partial charge in [-0.2, -0.15) is 0 Å². The van der Waals surface area contributed by atoms with Crippen LogP contribution < -0.4 is 11.1 Å². The van der Waals surface area contributed by atoms with E-state index in [2.05, 4.69) is 12.2 Å². The number of unbranched alkanes of at least 4 members (excludes halogenated alkanes) is 2. The Morgan fingerprint density at radius 3 is 2.57 bits per heavy atom. The van der Waals surface area contributed by atoms with Gasteiger partial charge >= 0.3 is 6.03 Å². The number of amides is 2. The molecule has 0 aliphatic carbocycles. The van der Waals surface area contributed by atoms with E-state index in [1.54, 1.807) is 0 Å². The second-order valence-corrected chi connectivity index (χ2v) is 3.58. The molecule has 4 N–H and O–H groups in total. The molecule has 4 nitrogen and oxygen atoms in total. The molecule has 0 aromatic heterocycles. The predicted molar refractivity (Wildman–Crippen MR) is 57.0 cm³/mol. The maximum absolute atomic E-state index is 10.3. The van der Waals surface area contributed by atoms with Crippen LogP contribution in [0.1, 0.15) is 45.4 Å². The van der Waals surface area contributed by atoms with E-state index in [-0.39, 0.29) is 6.10 Å². The number of hydrogen-bond donors (Lipinski definition) is 3. The zero-order valence-corrected chi connectivity index (χ0v) is 8.96. The van der Waals surface area contributed by atoms with Crippen molar-refractivity contribution in [3.8, 4) is 0 Å². The van der Waals surface area contributed by atoms with Crippen LogP contribution in [0.4, 0.5) is 4.79 Å². The first kappa shape index (κ1) is 13.2. The largest absolute Gasteiger partial charge is 0.393 e. The molecule has 14 heavy (non-hydrogen) atoms. The Labute approximate surface area is 85.9 Å². The first-order valence-electron chi connectivity index (χ1n) is 5.38. The summed E-state index contributed by atoms with van der Waals surface area (Å²) in [5.41, 5.74) is 4.90. The zero-order valence-electron chi connectivity index (χ0n) is 8.96. The van der Waals surface area contributed by atoms with Gasteiger partial charge in [0.05, 0.1) is 6.10 Å². The molecule has 0 rings (SSSR count). The fraction of sp³-hybridized carbons (Fsp3) is 0.900. The Hall–Kier alpha value is -0.770. The Balaban J connectivity index is 3.18. The lowest BCUT2D eigenvalue weighted by molar-refractivity contribution is 0.148. The number of hydrogen-bond acceptors (Lipinski definition) is 2. The van der Waals surface area contributed by atoms with E-state index >= 15 is 0 Å². The van der Waals surface area contributed by atoms with Gasteiger partial charge in [-0.05, 0) is 19.3 Å². The van der Waals surface area contributed by atoms with E-state index in [1.165, 1.54) is 12.8 Å². The molecule has 0 aromatic rings. The summed E-state index contributed by atoms with van der Waals surface area (Å²) >= 11 is 0. The van der Waals surface area contributed by atoms with Gasteiger partial charge in [0.2, 0.25) is 0 Å². The third-order valence-electron chi connectivity index (χ3n) is 2.15. The molecule has 0 aromatic carbocycles. The first-order valence-corrected chi connectivity index (χ1v) is 5.38. The van der Waals surface area contributed by atoms with Crippen molar-refractivity contribution in [1.29, 1.82) is 0 Å². The number of carbonyl (C=O) groups is 1. The molecule has 0 saturated heterocycles. The summed E-state index contributed by atoms with van der Waals surface area (Å²) in [6.07, 6.45) is 5.61. The van der Waals surface area contributed by atoms with Crippen LogP contribution in [0, 0.1) is 0 Å². The summed E-state index contributed by atoms with van der Waals surface area (Å²) in [6, 6.07) is -0.495. The number of aliphatic hydroxyl groups is 1. The van der Waals surface area contributed by atoms with Crippen molar-refractivity contribution in [2.45, 2.75) is 51.6 Å². The van der Waals surface area contributed by atoms with Crippen LogP contribution in [0.25, 0.3) is 0 Å². The molecule has 0 saturated carbocycles. The highest BCUT2D eigenvalue weighted by Gasteiger charge is 2.03. The molecule has 4 heteroatoms. The molecule has 0 fully saturated rings. The van der Waals surface area contributed by atoms with Crippen molar-refractivity contribution < 1.29 is 9.90 Å². The van der Waals surface area contributed by atoms with Crippen molar-refractivity contribution >= 4 is 6.03 Å². The molecule has 84 valence electrons. The fourth-order valence-electron chi connectivity index (χ4n) is 1.32. The topological polar surface area (TPSA) is 75.3 Å². The van der Waals surface area contributed by atoms with Crippen LogP contribution in [0.3, 0.4) is 0 Å². The fourth-order valence-corrected chi connectivity index (χ4v) is 1.32. The van der Waals surface area contributed by atoms with Gasteiger partial charge in [-0.3, -0.25) is 0 Å². The highest BCUT2D eigenvalue weighted by Crippen LogP contribution is 2.07. The lowest BCUT2D eigenvalue weighted by Gasteiger charge is -2.09. The predicted octanol–water partition coefficient (Wildman–Crippen LogP) is 1.38. The van der Waals surface area contributed by atoms with Crippen molar-refractivity contribution in [1.82, 2.24) is 5.32 Å². The summed E-state index contributed by atoms with van der Waals surface area (Å²) in [5.74, 6) is 0. The van der Waals surface area contributed by atoms with Crippen LogP contribution >= 0.6 is 0 Å². The molecule has 0 unspecified atom stereocenters. The smallest absolute Gasteiger partial charge is 0.312 e. The van der Waals surface area contributed by atoms with E-state index in [1.807, 2.05) is 0 Å². The summed E-state index contributed by atoms with van der Waals surface area (Å²) in [7, 11) is 0. The SMILES string of the molecule is CCCCC[C@H](O)CCCNC(N)=O. The second-order valence-electron chi connectivity index (χ2n) is 3.58. The molecular weight excluding hydrogens is 180 g/mol. The minimum absolute atomic E-state index is 0.226.